The molecule has 1 unspecified atom stereocenters. The molecule has 0 aliphatic heterocycles. The molecular weight excluding hydrogens is 316 g/mol. The van der Waals surface area contributed by atoms with Gasteiger partial charge in [0.25, 0.3) is 0 Å². The summed E-state index contributed by atoms with van der Waals surface area (Å²) in [4.78, 5) is 12.5. The normalized spacial score (nSPS) is 12.5. The van der Waals surface area contributed by atoms with Crippen molar-refractivity contribution >= 4 is 15.6 Å². The average Bonchev–Trinajstić information content (AvgIpc) is 2.54. The largest absolute Gasteiger partial charge is 0.497 e. The first-order chi connectivity index (χ1) is 10.8. The van der Waals surface area contributed by atoms with Gasteiger partial charge in [-0.2, -0.15) is 0 Å². The molecule has 6 heteroatoms. The van der Waals surface area contributed by atoms with E-state index in [1.54, 1.807) is 38.3 Å². The number of methoxy groups -OCH3 is 1. The second-order valence-corrected chi connectivity index (χ2v) is 7.11. The third kappa shape index (κ3) is 4.32. The maximum Gasteiger partial charge on any atom is 0.202 e. The lowest BCUT2D eigenvalue weighted by Gasteiger charge is -2.14. The Morgan fingerprint density at radius 1 is 0.957 bits per heavy atom. The Labute approximate surface area is 135 Å². The first kappa shape index (κ1) is 17.0. The number of Topliss-reactive ketones (excluding diaryl/α,β-unsaturated/α-hetero) is 1. The average molecular weight is 334 g/mol. The second-order valence-electron chi connectivity index (χ2n) is 5.10. The van der Waals surface area contributed by atoms with Gasteiger partial charge in [-0.05, 0) is 55.5 Å². The van der Waals surface area contributed by atoms with Crippen LogP contribution in [0.2, 0.25) is 0 Å². The van der Waals surface area contributed by atoms with Crippen LogP contribution in [0, 0.1) is 0 Å². The number of rotatable bonds is 6. The van der Waals surface area contributed by atoms with E-state index in [9.17, 15) is 13.2 Å². The van der Waals surface area contributed by atoms with E-state index in [1.165, 1.54) is 24.3 Å². The number of ketones is 1. The van der Waals surface area contributed by atoms with E-state index in [0.29, 0.717) is 17.1 Å². The van der Waals surface area contributed by atoms with Crippen molar-refractivity contribution in [1.82, 2.24) is 0 Å². The zero-order valence-electron chi connectivity index (χ0n) is 13.1. The Kier molecular flexibility index (Phi) is 5.05. The summed E-state index contributed by atoms with van der Waals surface area (Å²) in [5.74, 6) is 0.943. The predicted octanol–water partition coefficient (Wildman–Crippen LogP) is 2.75. The molecule has 2 aromatic carbocycles. The molecule has 0 saturated heterocycles. The van der Waals surface area contributed by atoms with Gasteiger partial charge in [-0.15, -0.1) is 0 Å². The van der Waals surface area contributed by atoms with Crippen LogP contribution in [0.1, 0.15) is 17.3 Å². The topological polar surface area (TPSA) is 69.7 Å². The minimum atomic E-state index is -3.25. The van der Waals surface area contributed by atoms with Crippen LogP contribution in [0.4, 0.5) is 0 Å². The Morgan fingerprint density at radius 2 is 1.48 bits per heavy atom. The molecule has 0 radical (unpaired) electrons. The summed E-state index contributed by atoms with van der Waals surface area (Å²) in [5.41, 5.74) is 0.519. The Morgan fingerprint density at radius 3 is 1.96 bits per heavy atom. The smallest absolute Gasteiger partial charge is 0.202 e. The lowest BCUT2D eigenvalue weighted by Crippen LogP contribution is -2.23. The van der Waals surface area contributed by atoms with E-state index in [-0.39, 0.29) is 10.7 Å². The molecule has 0 spiro atoms. The molecular formula is C17H18O5S. The summed E-state index contributed by atoms with van der Waals surface area (Å²) in [6, 6.07) is 12.7. The molecule has 23 heavy (non-hydrogen) atoms. The van der Waals surface area contributed by atoms with Crippen LogP contribution in [0.25, 0.3) is 0 Å². The van der Waals surface area contributed by atoms with E-state index in [1.807, 2.05) is 0 Å². The Bertz CT molecular complexity index is 777. The quantitative estimate of drug-likeness (QED) is 0.760. The Hall–Kier alpha value is -2.34. The third-order valence-electron chi connectivity index (χ3n) is 3.31. The van der Waals surface area contributed by atoms with Crippen molar-refractivity contribution in [2.75, 3.05) is 13.4 Å². The van der Waals surface area contributed by atoms with Gasteiger partial charge in [-0.1, -0.05) is 0 Å². The van der Waals surface area contributed by atoms with Crippen molar-refractivity contribution in [3.8, 4) is 11.5 Å². The van der Waals surface area contributed by atoms with Gasteiger partial charge in [0.1, 0.15) is 11.5 Å². The molecule has 0 aliphatic carbocycles. The van der Waals surface area contributed by atoms with Gasteiger partial charge in [0, 0.05) is 11.8 Å². The molecule has 0 fully saturated rings. The summed E-state index contributed by atoms with van der Waals surface area (Å²) in [7, 11) is -1.69. The molecule has 2 aromatic rings. The number of hydrogen-bond donors (Lipinski definition) is 0. The van der Waals surface area contributed by atoms with Gasteiger partial charge in [0.15, 0.2) is 15.9 Å². The van der Waals surface area contributed by atoms with Crippen LogP contribution in [0.5, 0.6) is 11.5 Å². The number of hydrogen-bond acceptors (Lipinski definition) is 5. The van der Waals surface area contributed by atoms with Crippen molar-refractivity contribution in [2.45, 2.75) is 17.9 Å². The third-order valence-corrected chi connectivity index (χ3v) is 4.44. The van der Waals surface area contributed by atoms with E-state index in [4.69, 9.17) is 9.47 Å². The van der Waals surface area contributed by atoms with Crippen LogP contribution in [-0.4, -0.2) is 33.7 Å². The second kappa shape index (κ2) is 6.83. The molecule has 0 bridgehead atoms. The van der Waals surface area contributed by atoms with Gasteiger partial charge in [0.05, 0.1) is 12.0 Å². The SMILES string of the molecule is COc1ccc(C(=O)C(C)Oc2ccc(S(C)(=O)=O)cc2)cc1. The number of sulfone groups is 1. The van der Waals surface area contributed by atoms with Crippen LogP contribution < -0.4 is 9.47 Å². The molecule has 122 valence electrons. The summed E-state index contributed by atoms with van der Waals surface area (Å²) < 4.78 is 33.4. The molecule has 0 aliphatic rings. The zero-order valence-corrected chi connectivity index (χ0v) is 14.0. The van der Waals surface area contributed by atoms with Crippen molar-refractivity contribution < 1.29 is 22.7 Å². The number of carbonyl (C=O) groups excluding carboxylic acids is 1. The molecule has 1 atom stereocenters. The monoisotopic (exact) mass is 334 g/mol. The number of benzene rings is 2. The van der Waals surface area contributed by atoms with Gasteiger partial charge >= 0.3 is 0 Å². The maximum atomic E-state index is 12.3. The van der Waals surface area contributed by atoms with Crippen LogP contribution in [0.3, 0.4) is 0 Å². The fraction of sp³-hybridized carbons (Fsp3) is 0.235. The lowest BCUT2D eigenvalue weighted by molar-refractivity contribution is 0.0818. The Balaban J connectivity index is 2.08. The molecule has 0 aromatic heterocycles. The van der Waals surface area contributed by atoms with Crippen molar-refractivity contribution in [2.24, 2.45) is 0 Å². The van der Waals surface area contributed by atoms with Gasteiger partial charge < -0.3 is 9.47 Å². The van der Waals surface area contributed by atoms with Crippen LogP contribution in [0.15, 0.2) is 53.4 Å². The molecule has 0 N–H and O–H groups in total. The lowest BCUT2D eigenvalue weighted by atomic mass is 10.1. The molecule has 0 amide bonds. The van der Waals surface area contributed by atoms with Crippen molar-refractivity contribution in [3.05, 3.63) is 54.1 Å². The molecule has 0 saturated carbocycles. The summed E-state index contributed by atoms with van der Waals surface area (Å²) in [6.45, 7) is 1.65. The van der Waals surface area contributed by atoms with E-state index in [2.05, 4.69) is 0 Å². The van der Waals surface area contributed by atoms with Crippen molar-refractivity contribution in [3.63, 3.8) is 0 Å². The van der Waals surface area contributed by atoms with Crippen LogP contribution in [-0.2, 0) is 9.84 Å². The number of ether oxygens (including phenoxy) is 2. The summed E-state index contributed by atoms with van der Waals surface area (Å²) >= 11 is 0. The van der Waals surface area contributed by atoms with E-state index >= 15 is 0 Å². The van der Waals surface area contributed by atoms with Crippen molar-refractivity contribution in [1.29, 1.82) is 0 Å². The summed E-state index contributed by atoms with van der Waals surface area (Å²) in [5, 5.41) is 0. The fourth-order valence-corrected chi connectivity index (χ4v) is 2.64. The van der Waals surface area contributed by atoms with Gasteiger partial charge in [-0.25, -0.2) is 8.42 Å². The standard InChI is InChI=1S/C17H18O5S/c1-12(17(18)13-4-6-14(21-2)7-5-13)22-15-8-10-16(11-9-15)23(3,19)20/h4-12H,1-3H3. The highest BCUT2D eigenvalue weighted by atomic mass is 32.2. The highest BCUT2D eigenvalue weighted by Crippen LogP contribution is 2.19. The first-order valence-corrected chi connectivity index (χ1v) is 8.85. The minimum Gasteiger partial charge on any atom is -0.497 e. The highest BCUT2D eigenvalue weighted by molar-refractivity contribution is 7.90. The molecule has 5 nitrogen and oxygen atoms in total. The molecule has 2 rings (SSSR count). The molecule has 0 heterocycles. The zero-order chi connectivity index (χ0) is 17.0. The predicted molar refractivity (Wildman–Crippen MR) is 87.0 cm³/mol. The minimum absolute atomic E-state index is 0.167. The van der Waals surface area contributed by atoms with Crippen LogP contribution >= 0.6 is 0 Å². The highest BCUT2D eigenvalue weighted by Gasteiger charge is 2.17. The number of carbonyl (C=O) groups is 1. The maximum absolute atomic E-state index is 12.3. The van der Waals surface area contributed by atoms with E-state index in [0.717, 1.165) is 6.26 Å². The fourth-order valence-electron chi connectivity index (χ4n) is 2.01. The van der Waals surface area contributed by atoms with E-state index < -0.39 is 15.9 Å². The van der Waals surface area contributed by atoms with Gasteiger partial charge in [0.2, 0.25) is 5.78 Å². The van der Waals surface area contributed by atoms with Gasteiger partial charge in [-0.3, -0.25) is 4.79 Å². The first-order valence-electron chi connectivity index (χ1n) is 6.96. The summed E-state index contributed by atoms with van der Waals surface area (Å²) in [6.07, 6.45) is 0.450.